The Morgan fingerprint density at radius 2 is 1.67 bits per heavy atom. The zero-order valence-corrected chi connectivity index (χ0v) is 16.3. The minimum atomic E-state index is -0.906. The highest BCUT2D eigenvalue weighted by Crippen LogP contribution is 2.24. The second kappa shape index (κ2) is 8.16. The van der Waals surface area contributed by atoms with Gasteiger partial charge in [-0.3, -0.25) is 19.3 Å². The fourth-order valence-electron chi connectivity index (χ4n) is 3.27. The number of rotatable bonds is 7. The molecule has 3 heterocycles. The summed E-state index contributed by atoms with van der Waals surface area (Å²) >= 11 is 0. The summed E-state index contributed by atoms with van der Waals surface area (Å²) < 4.78 is 1.86. The van der Waals surface area contributed by atoms with Crippen molar-refractivity contribution in [1.82, 2.24) is 24.8 Å². The molecule has 152 valence electrons. The van der Waals surface area contributed by atoms with Gasteiger partial charge in [-0.2, -0.15) is 0 Å². The van der Waals surface area contributed by atoms with Crippen LogP contribution in [0.3, 0.4) is 0 Å². The van der Waals surface area contributed by atoms with E-state index in [0.717, 1.165) is 10.7 Å². The molecule has 0 aliphatic carbocycles. The van der Waals surface area contributed by atoms with Gasteiger partial charge in [0.25, 0.3) is 11.8 Å². The first-order valence-corrected chi connectivity index (χ1v) is 9.50. The monoisotopic (exact) mass is 404 g/mol. The van der Waals surface area contributed by atoms with Gasteiger partial charge >= 0.3 is 0 Å². The van der Waals surface area contributed by atoms with Crippen LogP contribution in [0.5, 0.6) is 0 Å². The molecule has 1 aromatic carbocycles. The molecule has 0 saturated heterocycles. The highest BCUT2D eigenvalue weighted by molar-refractivity contribution is 6.22. The quantitative estimate of drug-likeness (QED) is 0.456. The van der Waals surface area contributed by atoms with Crippen LogP contribution in [0, 0.1) is 0 Å². The van der Waals surface area contributed by atoms with E-state index in [1.54, 1.807) is 30.3 Å². The highest BCUT2D eigenvalue weighted by atomic mass is 16.2. The van der Waals surface area contributed by atoms with Gasteiger partial charge < -0.3 is 15.2 Å². The zero-order valence-electron chi connectivity index (χ0n) is 16.3. The molecule has 30 heavy (non-hydrogen) atoms. The summed E-state index contributed by atoms with van der Waals surface area (Å²) in [6.07, 6.45) is 5.22. The Hall–Kier alpha value is -4.01. The molecule has 0 spiro atoms. The Morgan fingerprint density at radius 3 is 2.33 bits per heavy atom. The number of imide groups is 1. The average Bonchev–Trinajstić information content (AvgIpc) is 3.39. The van der Waals surface area contributed by atoms with E-state index < -0.39 is 23.8 Å². The lowest BCUT2D eigenvalue weighted by atomic mass is 10.1. The summed E-state index contributed by atoms with van der Waals surface area (Å²) in [4.78, 5) is 46.8. The van der Waals surface area contributed by atoms with E-state index in [9.17, 15) is 14.4 Å². The van der Waals surface area contributed by atoms with E-state index in [1.807, 2.05) is 29.1 Å². The normalized spacial score (nSPS) is 13.8. The Labute approximate surface area is 172 Å². The maximum absolute atomic E-state index is 12.5. The van der Waals surface area contributed by atoms with E-state index in [2.05, 4.69) is 20.6 Å². The lowest BCUT2D eigenvalue weighted by molar-refractivity contribution is -0.124. The van der Waals surface area contributed by atoms with Gasteiger partial charge in [0.15, 0.2) is 0 Å². The molecule has 0 bridgehead atoms. The molecule has 1 atom stereocenters. The third-order valence-corrected chi connectivity index (χ3v) is 4.84. The molecule has 1 aliphatic heterocycles. The van der Waals surface area contributed by atoms with Gasteiger partial charge in [-0.25, -0.2) is 9.97 Å². The topological polar surface area (TPSA) is 109 Å². The number of nitrogens with one attached hydrogen (secondary N) is 2. The number of benzene rings is 1. The number of hydrogen-bond donors (Lipinski definition) is 2. The van der Waals surface area contributed by atoms with Gasteiger partial charge in [0.1, 0.15) is 24.0 Å². The SMILES string of the molecule is CC(C(=O)NCCNc1cc(-n2cccc2)ncn1)N1C(=O)c2ccccc2C1=O. The lowest BCUT2D eigenvalue weighted by Crippen LogP contribution is -2.48. The van der Waals surface area contributed by atoms with Crippen LogP contribution in [0.15, 0.2) is 61.2 Å². The predicted molar refractivity (Wildman–Crippen MR) is 109 cm³/mol. The van der Waals surface area contributed by atoms with Crippen LogP contribution < -0.4 is 10.6 Å². The molecule has 9 nitrogen and oxygen atoms in total. The average molecular weight is 404 g/mol. The molecule has 1 unspecified atom stereocenters. The predicted octanol–water partition coefficient (Wildman–Crippen LogP) is 1.48. The Bertz CT molecular complexity index is 1060. The van der Waals surface area contributed by atoms with Crippen molar-refractivity contribution in [2.75, 3.05) is 18.4 Å². The second-order valence-corrected chi connectivity index (χ2v) is 6.77. The molecule has 0 saturated carbocycles. The molecular formula is C21H20N6O3. The number of amides is 3. The smallest absolute Gasteiger partial charge is 0.262 e. The first kappa shape index (κ1) is 19.3. The Balaban J connectivity index is 1.30. The maximum Gasteiger partial charge on any atom is 0.262 e. The van der Waals surface area contributed by atoms with Gasteiger partial charge in [0, 0.05) is 31.5 Å². The van der Waals surface area contributed by atoms with E-state index in [-0.39, 0.29) is 0 Å². The number of nitrogens with zero attached hydrogens (tertiary/aromatic N) is 4. The van der Waals surface area contributed by atoms with E-state index in [0.29, 0.717) is 30.0 Å². The van der Waals surface area contributed by atoms with Crippen molar-refractivity contribution in [2.45, 2.75) is 13.0 Å². The summed E-state index contributed by atoms with van der Waals surface area (Å²) in [5.74, 6) is 0.0453. The third-order valence-electron chi connectivity index (χ3n) is 4.84. The van der Waals surface area contributed by atoms with E-state index in [1.165, 1.54) is 13.3 Å². The maximum atomic E-state index is 12.5. The number of carbonyl (C=O) groups is 3. The summed E-state index contributed by atoms with van der Waals surface area (Å²) in [7, 11) is 0. The van der Waals surface area contributed by atoms with Crippen molar-refractivity contribution in [3.8, 4) is 5.82 Å². The first-order chi connectivity index (χ1) is 14.6. The van der Waals surface area contributed by atoms with Crippen LogP contribution in [0.25, 0.3) is 5.82 Å². The number of anilines is 1. The van der Waals surface area contributed by atoms with Gasteiger partial charge in [0.2, 0.25) is 5.91 Å². The largest absolute Gasteiger partial charge is 0.368 e. The summed E-state index contributed by atoms with van der Waals surface area (Å²) in [5, 5.41) is 5.86. The second-order valence-electron chi connectivity index (χ2n) is 6.77. The first-order valence-electron chi connectivity index (χ1n) is 9.50. The molecule has 2 N–H and O–H groups in total. The molecule has 0 radical (unpaired) electrons. The van der Waals surface area contributed by atoms with Crippen LogP contribution >= 0.6 is 0 Å². The lowest BCUT2D eigenvalue weighted by Gasteiger charge is -2.21. The standard InChI is InChI=1S/C21H20N6O3/c1-14(27-20(29)15-6-2-3-7-16(15)21(27)30)19(28)23-9-8-22-17-12-18(25-13-24-17)26-10-4-5-11-26/h2-7,10-14H,8-9H2,1H3,(H,23,28)(H,22,24,25). The Kier molecular flexibility index (Phi) is 5.25. The molecule has 9 heteroatoms. The Morgan fingerprint density at radius 1 is 1.00 bits per heavy atom. The van der Waals surface area contributed by atoms with Crippen LogP contribution in [0.4, 0.5) is 5.82 Å². The van der Waals surface area contributed by atoms with Gasteiger partial charge in [-0.1, -0.05) is 12.1 Å². The number of aromatic nitrogens is 3. The van der Waals surface area contributed by atoms with Gasteiger partial charge in [0.05, 0.1) is 11.1 Å². The number of hydrogen-bond acceptors (Lipinski definition) is 6. The highest BCUT2D eigenvalue weighted by Gasteiger charge is 2.40. The number of fused-ring (bicyclic) bond motifs is 1. The molecule has 1 aliphatic rings. The minimum absolute atomic E-state index is 0.301. The molecule has 4 rings (SSSR count). The minimum Gasteiger partial charge on any atom is -0.368 e. The van der Waals surface area contributed by atoms with Crippen molar-refractivity contribution < 1.29 is 14.4 Å². The van der Waals surface area contributed by atoms with Gasteiger partial charge in [-0.05, 0) is 31.2 Å². The van der Waals surface area contributed by atoms with Crippen LogP contribution in [-0.2, 0) is 4.79 Å². The van der Waals surface area contributed by atoms with Crippen LogP contribution in [-0.4, -0.2) is 56.3 Å². The van der Waals surface area contributed by atoms with Gasteiger partial charge in [-0.15, -0.1) is 0 Å². The fraction of sp³-hybridized carbons (Fsp3) is 0.190. The molecule has 3 aromatic rings. The molecule has 0 fully saturated rings. The third kappa shape index (κ3) is 3.64. The molecular weight excluding hydrogens is 384 g/mol. The van der Waals surface area contributed by atoms with E-state index >= 15 is 0 Å². The zero-order chi connectivity index (χ0) is 21.1. The number of carbonyl (C=O) groups excluding carboxylic acids is 3. The van der Waals surface area contributed by atoms with Crippen molar-refractivity contribution >= 4 is 23.5 Å². The summed E-state index contributed by atoms with van der Waals surface area (Å²) in [6.45, 7) is 2.26. The molecule has 3 amide bonds. The molecule has 2 aromatic heterocycles. The van der Waals surface area contributed by atoms with E-state index in [4.69, 9.17) is 0 Å². The summed E-state index contributed by atoms with van der Waals surface area (Å²) in [6, 6.07) is 11.3. The van der Waals surface area contributed by atoms with Crippen molar-refractivity contribution in [2.24, 2.45) is 0 Å². The van der Waals surface area contributed by atoms with Crippen LogP contribution in [0.2, 0.25) is 0 Å². The van der Waals surface area contributed by atoms with Crippen molar-refractivity contribution in [3.63, 3.8) is 0 Å². The fourth-order valence-corrected chi connectivity index (χ4v) is 3.27. The van der Waals surface area contributed by atoms with Crippen LogP contribution in [0.1, 0.15) is 27.6 Å². The van der Waals surface area contributed by atoms with Crippen molar-refractivity contribution in [1.29, 1.82) is 0 Å². The van der Waals surface area contributed by atoms with Crippen molar-refractivity contribution in [3.05, 3.63) is 72.3 Å². The summed E-state index contributed by atoms with van der Waals surface area (Å²) in [5.41, 5.74) is 0.650.